The zero-order chi connectivity index (χ0) is 67.6. The maximum absolute atomic E-state index is 16.4. The predicted molar refractivity (Wildman–Crippen MR) is 314 cm³/mol. The molecule has 0 bridgehead atoms. The molecule has 14 unspecified atom stereocenters. The lowest BCUT2D eigenvalue weighted by molar-refractivity contribution is -0.161. The Morgan fingerprint density at radius 3 is 0.765 bits per heavy atom. The number of carboxylic acid groups (broad SMARTS) is 12. The summed E-state index contributed by atoms with van der Waals surface area (Å²) in [6, 6.07) is 0. The molecule has 0 aliphatic heterocycles. The lowest BCUT2D eigenvalue weighted by atomic mass is 9.54. The molecule has 7 aromatic rings. The molecule has 12 N–H and O–H groups in total. The van der Waals surface area contributed by atoms with Crippen LogP contribution >= 0.6 is 0 Å². The van der Waals surface area contributed by atoms with Gasteiger partial charge in [-0.15, -0.1) is 0 Å². The zero-order valence-electron chi connectivity index (χ0n) is 49.4. The second kappa shape index (κ2) is 8.97. The monoisotopic (exact) mass is 1330 g/mol. The van der Waals surface area contributed by atoms with Crippen molar-refractivity contribution < 1.29 is 119 Å². The van der Waals surface area contributed by atoms with E-state index in [0.29, 0.717) is 0 Å². The van der Waals surface area contributed by atoms with Gasteiger partial charge in [-0.05, 0) is 256 Å². The molecule has 14 atom stereocenters. The van der Waals surface area contributed by atoms with Crippen LogP contribution in [-0.4, -0.2) is 133 Å². The number of carbonyl (C=O) groups is 12. The van der Waals surface area contributed by atoms with E-state index in [0.717, 1.165) is 0 Å². The van der Waals surface area contributed by atoms with Gasteiger partial charge < -0.3 is 61.3 Å². The van der Waals surface area contributed by atoms with Crippen LogP contribution in [-0.2, 0) is 117 Å². The Hall–Kier alpha value is -12.3. The Morgan fingerprint density at radius 1 is 0.186 bits per heavy atom. The second-order valence-electron chi connectivity index (χ2n) is 35.5. The number of aliphatic carboxylic acids is 12. The van der Waals surface area contributed by atoms with Gasteiger partial charge in [-0.25, -0.2) is 0 Å². The fourth-order valence-corrected chi connectivity index (χ4v) is 40.1. The molecule has 470 valence electrons. The van der Waals surface area contributed by atoms with Gasteiger partial charge in [0.1, 0.15) is 0 Å². The lowest BCUT2D eigenvalue weighted by Crippen LogP contribution is -2.43. The summed E-state index contributed by atoms with van der Waals surface area (Å²) < 4.78 is 0. The third kappa shape index (κ3) is 1.87. The molecule has 24 nitrogen and oxygen atoms in total. The first kappa shape index (κ1) is 44.6. The Labute approximate surface area is 553 Å². The van der Waals surface area contributed by atoms with E-state index in [4.69, 9.17) is 0 Å². The molecule has 38 rings (SSSR count). The van der Waals surface area contributed by atoms with E-state index in [9.17, 15) is 61.3 Å². The highest BCUT2D eigenvalue weighted by molar-refractivity contribution is 6.45. The van der Waals surface area contributed by atoms with Crippen molar-refractivity contribution in [2.75, 3.05) is 0 Å². The van der Waals surface area contributed by atoms with Crippen molar-refractivity contribution in [3.05, 3.63) is 145 Å². The molecule has 0 aromatic heterocycles. The van der Waals surface area contributed by atoms with Crippen molar-refractivity contribution >= 4 is 82.8 Å². The summed E-state index contributed by atoms with van der Waals surface area (Å²) in [5.41, 5.74) is -51.3. The summed E-state index contributed by atoms with van der Waals surface area (Å²) in [7, 11) is 0. The molecule has 24 heteroatoms. The van der Waals surface area contributed by atoms with E-state index in [1.807, 2.05) is 0 Å². The van der Waals surface area contributed by atoms with Crippen molar-refractivity contribution in [3.63, 3.8) is 0 Å². The average Bonchev–Trinajstić information content (AvgIpc) is 1.31. The van der Waals surface area contributed by atoms with Crippen LogP contribution in [0.4, 0.5) is 0 Å². The zero-order valence-corrected chi connectivity index (χ0v) is 49.4. The minimum atomic E-state index is -3.29. The van der Waals surface area contributed by atoms with Crippen LogP contribution in [0.2, 0.25) is 0 Å². The third-order valence-corrected chi connectivity index (χ3v) is 38.2. The summed E-state index contributed by atoms with van der Waals surface area (Å²) >= 11 is 0. The summed E-state index contributed by atoms with van der Waals surface area (Å²) in [6.45, 7) is 0. The fraction of sp³-hybridized carbons (Fsp3) is 0.256. The quantitative estimate of drug-likeness (QED) is 0.0780. The Balaban J connectivity index is 0.988. The van der Waals surface area contributed by atoms with Crippen LogP contribution < -0.4 is 0 Å². The van der Waals surface area contributed by atoms with Crippen molar-refractivity contribution in [2.24, 2.45) is 37.9 Å². The molecule has 12 spiro atoms. The molecule has 31 aliphatic carbocycles. The highest BCUT2D eigenvalue weighted by Crippen LogP contribution is 3.17. The molecule has 6 fully saturated rings. The second-order valence-corrected chi connectivity index (χ2v) is 35.5. The molecule has 0 radical (unpaired) electrons. The van der Waals surface area contributed by atoms with Gasteiger partial charge in [0.2, 0.25) is 0 Å². The van der Waals surface area contributed by atoms with Gasteiger partial charge in [0.15, 0.2) is 32.5 Å². The molecule has 102 heavy (non-hydrogen) atoms. The van der Waals surface area contributed by atoms with Gasteiger partial charge in [-0.2, -0.15) is 0 Å². The van der Waals surface area contributed by atoms with Crippen LogP contribution in [0.3, 0.4) is 0 Å². The molecule has 0 heterocycles. The molecular formula is C78H14O24. The normalized spacial score (nSPS) is 41.8. The summed E-state index contributed by atoms with van der Waals surface area (Å²) in [5, 5.41) is 159. The first-order chi connectivity index (χ1) is 48.7. The number of hydrogen-bond acceptors (Lipinski definition) is 12. The van der Waals surface area contributed by atoms with E-state index >= 15 is 57.5 Å². The molecule has 6 saturated carbocycles. The maximum Gasteiger partial charge on any atom is 0.323 e. The first-order valence-electron chi connectivity index (χ1n) is 33.9. The predicted octanol–water partition coefficient (Wildman–Crippen LogP) is 3.34. The topological polar surface area (TPSA) is 448 Å². The number of rotatable bonds is 12. The van der Waals surface area contributed by atoms with E-state index < -0.39 is 181 Å². The highest BCUT2D eigenvalue weighted by atomic mass is 16.4. The van der Waals surface area contributed by atoms with E-state index in [-0.39, 0.29) is 256 Å². The summed E-state index contributed by atoms with van der Waals surface area (Å²) in [5.74, 6) is -26.6. The Bertz CT molecular complexity index is 7570. The van der Waals surface area contributed by atoms with Crippen LogP contribution in [0.15, 0.2) is 11.1 Å². The molecule has 0 amide bonds. The van der Waals surface area contributed by atoms with Crippen LogP contribution in [0, 0.1) is 37.9 Å². The lowest BCUT2D eigenvalue weighted by Gasteiger charge is -2.46. The molecule has 0 saturated heterocycles. The number of carboxylic acids is 12. The fourth-order valence-electron chi connectivity index (χ4n) is 40.1. The van der Waals surface area contributed by atoms with E-state index in [2.05, 4.69) is 0 Å². The molecule has 7 aromatic carbocycles. The largest absolute Gasteiger partial charge is 0.480 e. The van der Waals surface area contributed by atoms with Crippen LogP contribution in [0.5, 0.6) is 0 Å². The standard InChI is InChI=1S/C78H14O24/c79-49(80)73(50(81)82)62-26-1-2-4-6-29-21-20-38-15-14-33-10(8(26)28(4)64(29)65(33,38)74(64,51(83)84)52(85)86)31(62)12-13-32-11-9-27(63(32,62)73)3(1)5-7-30(9)70-46-23-22-41-17-16(39(11)68(41,70)76(70,55(91)92)56(93)94)35(13)66(34(12)14)67(75(66,53(87)88)54(89)90)36(15)18-19(37(17)67)42(22)71-47(23)48-24(44(21)69(71,40(18)20)77(71,57(95)96)58(97)98)43(6)61(25(2)5)72(48,45(7)46)78(61,59(99)100)60(101)102/h25,45H,(H,79,80)(H,81,82)(H,83,84)(H,85,86)(H,87,88)(H,89,90)(H,91,92)(H,93,94)(H,95,96)(H,97,98)(H,99,100)(H,101,102). The van der Waals surface area contributed by atoms with Gasteiger partial charge in [0.25, 0.3) is 0 Å². The number of benzene rings is 7. The maximum atomic E-state index is 16.4. The first-order valence-corrected chi connectivity index (χ1v) is 33.9. The molecular weight excluding hydrogens is 1320 g/mol. The van der Waals surface area contributed by atoms with Gasteiger partial charge in [0, 0.05) is 22.7 Å². The van der Waals surface area contributed by atoms with Crippen molar-refractivity contribution in [1.82, 2.24) is 0 Å². The van der Waals surface area contributed by atoms with Gasteiger partial charge in [0.05, 0.1) is 54.1 Å². The minimum absolute atomic E-state index is 0.000166. The van der Waals surface area contributed by atoms with Gasteiger partial charge >= 0.3 is 71.6 Å². The van der Waals surface area contributed by atoms with E-state index in [1.54, 1.807) is 0 Å². The average molecular weight is 1330 g/mol. The van der Waals surface area contributed by atoms with Gasteiger partial charge in [-0.3, -0.25) is 57.5 Å². The smallest absolute Gasteiger partial charge is 0.323 e. The van der Waals surface area contributed by atoms with Crippen molar-refractivity contribution in [2.45, 2.75) is 71.4 Å². The minimum Gasteiger partial charge on any atom is -0.480 e. The SMILES string of the molecule is O=C(O)C1(C(=O)O)C23C4=C5c6c7c8c9c%10c6C6%11C%12c%13c%14c%15c%16c(c%13-%10)C9%10C(C(=O)O)(C(=O)O)C%109c%10c-8c(c8c%13c%10-c%10c9c-%16c9c%16c%10C%10%17c%18c%19c%20c%21c(c%18-%16)C%16(c%18c-%14c%12c%12c(c%18-%21)C%14%18C(=C4c4c2c-8c(c-%19c4C%20%14C%18(C(=O)O)C(=O)O)C%13%10C%17(C(=O)O)C(=O)O)C%12C56C%11(C(=O)O)C(=O)O)C(C(=O)O)(C(=O)O)C%159%16)C713. The van der Waals surface area contributed by atoms with E-state index in [1.165, 1.54) is 0 Å². The van der Waals surface area contributed by atoms with Crippen molar-refractivity contribution in [1.29, 1.82) is 0 Å². The Morgan fingerprint density at radius 2 is 0.422 bits per heavy atom. The van der Waals surface area contributed by atoms with Gasteiger partial charge in [-0.1, -0.05) is 0 Å². The summed E-state index contributed by atoms with van der Waals surface area (Å²) in [4.78, 5) is 197. The Kier molecular flexibility index (Phi) is 3.92. The van der Waals surface area contributed by atoms with Crippen LogP contribution in [0.25, 0.3) is 111 Å². The highest BCUT2D eigenvalue weighted by Gasteiger charge is 3.19. The van der Waals surface area contributed by atoms with Crippen LogP contribution in [0.1, 0.15) is 145 Å². The summed E-state index contributed by atoms with van der Waals surface area (Å²) in [6.07, 6.45) is 0. The number of hydrogen-bond donors (Lipinski definition) is 12. The third-order valence-electron chi connectivity index (χ3n) is 38.2. The van der Waals surface area contributed by atoms with Crippen molar-refractivity contribution in [3.8, 4) is 100 Å². The molecule has 31 aliphatic rings. The number of allylic oxidation sites excluding steroid dienone is 4.